The van der Waals surface area contributed by atoms with E-state index in [2.05, 4.69) is 12.6 Å². The summed E-state index contributed by atoms with van der Waals surface area (Å²) in [7, 11) is 3.46. The van der Waals surface area contributed by atoms with Crippen molar-refractivity contribution in [3.05, 3.63) is 21.9 Å². The Labute approximate surface area is 70.6 Å². The quantitative estimate of drug-likeness (QED) is 0.479. The highest BCUT2D eigenvalue weighted by Crippen LogP contribution is 2.16. The molecule has 0 atom stereocenters. The van der Waals surface area contributed by atoms with Crippen molar-refractivity contribution in [1.29, 1.82) is 0 Å². The van der Waals surface area contributed by atoms with Gasteiger partial charge in [-0.15, -0.1) is 11.3 Å². The molecule has 0 aliphatic rings. The number of carbonyl (C=O) groups is 1. The monoisotopic (exact) mass is 168 g/mol. The van der Waals surface area contributed by atoms with Gasteiger partial charge in [0.05, 0.1) is 7.11 Å². The second kappa shape index (κ2) is 3.58. The van der Waals surface area contributed by atoms with Gasteiger partial charge in [-0.3, -0.25) is 0 Å². The Morgan fingerprint density at radius 1 is 1.73 bits per heavy atom. The third kappa shape index (κ3) is 1.83. The van der Waals surface area contributed by atoms with E-state index in [0.717, 1.165) is 6.32 Å². The number of ether oxygens (including phenoxy) is 1. The van der Waals surface area contributed by atoms with Gasteiger partial charge in [-0.2, -0.15) is 0 Å². The molecule has 0 bridgehead atoms. The Morgan fingerprint density at radius 2 is 2.45 bits per heavy atom. The summed E-state index contributed by atoms with van der Waals surface area (Å²) >= 11 is 1.49. The molecule has 0 unspecified atom stereocenters. The van der Waals surface area contributed by atoms with E-state index >= 15 is 0 Å². The molecule has 0 saturated heterocycles. The summed E-state index contributed by atoms with van der Waals surface area (Å²) in [5.41, 5.74) is 0. The van der Waals surface area contributed by atoms with Crippen LogP contribution < -0.4 is 0 Å². The van der Waals surface area contributed by atoms with E-state index < -0.39 is 0 Å². The molecule has 0 N–H and O–H groups in total. The van der Waals surface area contributed by atoms with Crippen LogP contribution in [0.3, 0.4) is 0 Å². The summed E-state index contributed by atoms with van der Waals surface area (Å²) in [6.45, 7) is 0. The highest BCUT2D eigenvalue weighted by Gasteiger charge is 2.06. The molecule has 0 amide bonds. The normalized spacial score (nSPS) is 9.55. The van der Waals surface area contributed by atoms with Gasteiger partial charge in [0.25, 0.3) is 0 Å². The maximum Gasteiger partial charge on any atom is 0.348 e. The van der Waals surface area contributed by atoms with Crippen molar-refractivity contribution in [2.24, 2.45) is 0 Å². The zero-order valence-electron chi connectivity index (χ0n) is 6.59. The van der Waals surface area contributed by atoms with Crippen molar-refractivity contribution < 1.29 is 9.53 Å². The minimum atomic E-state index is -0.241. The maximum atomic E-state index is 10.9. The number of hydrogen-bond acceptors (Lipinski definition) is 3. The Bertz CT molecular complexity index is 257. The standard InChI is InChI=1S/C7H9BO2S/c1-10-7(9)6-3-2-5(4-8)11-6/h2-3H,4,8H2,1H3. The molecular weight excluding hydrogens is 159 g/mol. The molecule has 1 aromatic heterocycles. The first kappa shape index (κ1) is 8.33. The lowest BCUT2D eigenvalue weighted by Gasteiger charge is -1.91. The van der Waals surface area contributed by atoms with E-state index in [0.29, 0.717) is 4.88 Å². The molecule has 0 saturated carbocycles. The highest BCUT2D eigenvalue weighted by atomic mass is 32.1. The topological polar surface area (TPSA) is 26.3 Å². The first-order chi connectivity index (χ1) is 5.27. The fourth-order valence-electron chi connectivity index (χ4n) is 0.778. The molecular formula is C7H9BO2S. The Kier molecular flexibility index (Phi) is 2.71. The van der Waals surface area contributed by atoms with Crippen LogP contribution in [-0.4, -0.2) is 20.9 Å². The third-order valence-electron chi connectivity index (χ3n) is 1.40. The van der Waals surface area contributed by atoms with Crippen molar-refractivity contribution in [1.82, 2.24) is 0 Å². The van der Waals surface area contributed by atoms with Gasteiger partial charge in [-0.05, 0) is 23.3 Å². The largest absolute Gasteiger partial charge is 0.465 e. The van der Waals surface area contributed by atoms with Gasteiger partial charge in [0.2, 0.25) is 0 Å². The van der Waals surface area contributed by atoms with Crippen LogP contribution in [-0.2, 0) is 11.1 Å². The fourth-order valence-corrected chi connectivity index (χ4v) is 1.64. The van der Waals surface area contributed by atoms with E-state index in [1.165, 1.54) is 23.3 Å². The molecule has 0 aromatic carbocycles. The van der Waals surface area contributed by atoms with Crippen LogP contribution in [0.2, 0.25) is 0 Å². The van der Waals surface area contributed by atoms with Crippen molar-refractivity contribution in [3.8, 4) is 0 Å². The van der Waals surface area contributed by atoms with Gasteiger partial charge < -0.3 is 4.74 Å². The molecule has 0 aliphatic carbocycles. The summed E-state index contributed by atoms with van der Waals surface area (Å²) in [6, 6.07) is 3.76. The first-order valence-electron chi connectivity index (χ1n) is 3.45. The predicted molar refractivity (Wildman–Crippen MR) is 47.9 cm³/mol. The van der Waals surface area contributed by atoms with E-state index in [1.54, 1.807) is 6.07 Å². The van der Waals surface area contributed by atoms with E-state index in [-0.39, 0.29) is 5.97 Å². The molecule has 4 heteroatoms. The number of esters is 1. The number of carbonyl (C=O) groups excluding carboxylic acids is 1. The van der Waals surface area contributed by atoms with Crippen LogP contribution in [0.25, 0.3) is 0 Å². The van der Waals surface area contributed by atoms with Gasteiger partial charge in [0, 0.05) is 0 Å². The molecule has 58 valence electrons. The summed E-state index contributed by atoms with van der Waals surface area (Å²) < 4.78 is 4.57. The Hall–Kier alpha value is -0.765. The zero-order chi connectivity index (χ0) is 8.27. The SMILES string of the molecule is BCc1ccc(C(=O)OC)s1. The molecule has 2 nitrogen and oxygen atoms in total. The number of thiophene rings is 1. The second-order valence-corrected chi connectivity index (χ2v) is 3.28. The number of hydrogen-bond donors (Lipinski definition) is 0. The summed E-state index contributed by atoms with van der Waals surface area (Å²) in [5.74, 6) is -0.241. The van der Waals surface area contributed by atoms with Crippen molar-refractivity contribution in [3.63, 3.8) is 0 Å². The lowest BCUT2D eigenvalue weighted by molar-refractivity contribution is 0.0606. The minimum Gasteiger partial charge on any atom is -0.465 e. The van der Waals surface area contributed by atoms with Crippen molar-refractivity contribution in [2.75, 3.05) is 7.11 Å². The molecule has 0 radical (unpaired) electrons. The molecule has 0 spiro atoms. The number of rotatable bonds is 2. The van der Waals surface area contributed by atoms with Crippen LogP contribution in [0.1, 0.15) is 14.5 Å². The molecule has 0 fully saturated rings. The molecule has 1 rings (SSSR count). The van der Waals surface area contributed by atoms with E-state index in [1.807, 2.05) is 6.07 Å². The first-order valence-corrected chi connectivity index (χ1v) is 4.26. The van der Waals surface area contributed by atoms with Gasteiger partial charge in [-0.1, -0.05) is 0 Å². The third-order valence-corrected chi connectivity index (χ3v) is 2.61. The Balaban J connectivity index is 2.80. The molecule has 1 heterocycles. The fraction of sp³-hybridized carbons (Fsp3) is 0.286. The minimum absolute atomic E-state index is 0.241. The molecule has 11 heavy (non-hydrogen) atoms. The lowest BCUT2D eigenvalue weighted by atomic mass is 10.0. The van der Waals surface area contributed by atoms with E-state index in [4.69, 9.17) is 0 Å². The zero-order valence-corrected chi connectivity index (χ0v) is 7.40. The van der Waals surface area contributed by atoms with Crippen molar-refractivity contribution in [2.45, 2.75) is 6.32 Å². The predicted octanol–water partition coefficient (Wildman–Crippen LogP) is 0.668. The van der Waals surface area contributed by atoms with Gasteiger partial charge in [0.15, 0.2) is 0 Å². The Morgan fingerprint density at radius 3 is 2.91 bits per heavy atom. The van der Waals surface area contributed by atoms with Crippen LogP contribution in [0.15, 0.2) is 12.1 Å². The average Bonchev–Trinajstić information content (AvgIpc) is 2.50. The maximum absolute atomic E-state index is 10.9. The summed E-state index contributed by atoms with van der Waals surface area (Å²) in [6.07, 6.45) is 0.974. The van der Waals surface area contributed by atoms with Crippen LogP contribution in [0, 0.1) is 0 Å². The van der Waals surface area contributed by atoms with Gasteiger partial charge in [0.1, 0.15) is 12.7 Å². The van der Waals surface area contributed by atoms with Crippen molar-refractivity contribution >= 4 is 25.2 Å². The van der Waals surface area contributed by atoms with Crippen LogP contribution in [0.5, 0.6) is 0 Å². The van der Waals surface area contributed by atoms with Crippen LogP contribution in [0.4, 0.5) is 0 Å². The average molecular weight is 168 g/mol. The summed E-state index contributed by atoms with van der Waals surface area (Å²) in [4.78, 5) is 12.8. The van der Waals surface area contributed by atoms with Gasteiger partial charge in [-0.25, -0.2) is 4.79 Å². The lowest BCUT2D eigenvalue weighted by Crippen LogP contribution is -1.96. The highest BCUT2D eigenvalue weighted by molar-refractivity contribution is 7.14. The summed E-state index contributed by atoms with van der Waals surface area (Å²) in [5, 5.41) is 0. The molecule has 0 aliphatic heterocycles. The number of methoxy groups -OCH3 is 1. The second-order valence-electron chi connectivity index (χ2n) is 2.11. The molecule has 1 aromatic rings. The van der Waals surface area contributed by atoms with E-state index in [9.17, 15) is 4.79 Å². The smallest absolute Gasteiger partial charge is 0.348 e. The van der Waals surface area contributed by atoms with Crippen LogP contribution >= 0.6 is 11.3 Å². The van der Waals surface area contributed by atoms with Gasteiger partial charge >= 0.3 is 5.97 Å².